The predicted molar refractivity (Wildman–Crippen MR) is 157 cm³/mol. The van der Waals surface area contributed by atoms with E-state index in [0.717, 1.165) is 65.3 Å². The second-order valence-electron chi connectivity index (χ2n) is 12.5. The van der Waals surface area contributed by atoms with Crippen molar-refractivity contribution in [2.75, 3.05) is 13.1 Å². The summed E-state index contributed by atoms with van der Waals surface area (Å²) < 4.78 is 20.7. The summed E-state index contributed by atoms with van der Waals surface area (Å²) in [6.45, 7) is 2.22. The molecule has 216 valence electrons. The Morgan fingerprint density at radius 3 is 2.81 bits per heavy atom. The molecule has 4 aromatic rings. The first-order chi connectivity index (χ1) is 20.0. The van der Waals surface area contributed by atoms with Crippen LogP contribution in [0.5, 0.6) is 11.5 Å². The molecule has 1 N–H and O–H groups in total. The number of rotatable bonds is 6. The summed E-state index contributed by atoms with van der Waals surface area (Å²) in [5.74, 6) is 2.26. The number of fused-ring (bicyclic) bond motifs is 4. The molecule has 1 spiro atoms. The van der Waals surface area contributed by atoms with Crippen molar-refractivity contribution in [3.05, 3.63) is 98.8 Å². The van der Waals surface area contributed by atoms with Crippen molar-refractivity contribution in [2.45, 2.75) is 61.9 Å². The van der Waals surface area contributed by atoms with Gasteiger partial charge in [-0.1, -0.05) is 36.4 Å². The van der Waals surface area contributed by atoms with E-state index in [-0.39, 0.29) is 41.4 Å². The van der Waals surface area contributed by atoms with Crippen LogP contribution in [0.25, 0.3) is 11.0 Å². The summed E-state index contributed by atoms with van der Waals surface area (Å²) in [5, 5.41) is 23.7. The molecular weight excluding hydrogens is 556 g/mol. The van der Waals surface area contributed by atoms with Crippen molar-refractivity contribution in [3.8, 4) is 11.5 Å². The number of piperidine rings is 1. The van der Waals surface area contributed by atoms with E-state index in [0.29, 0.717) is 12.2 Å². The Balaban J connectivity index is 0.00000267. The second kappa shape index (κ2) is 8.96. The van der Waals surface area contributed by atoms with E-state index in [1.807, 2.05) is 24.3 Å². The number of benzene rings is 3. The largest absolute Gasteiger partial charge is 0.504 e. The molecule has 1 aromatic heterocycles. The minimum absolute atomic E-state index is 0. The van der Waals surface area contributed by atoms with Crippen LogP contribution in [0.1, 0.15) is 53.4 Å². The van der Waals surface area contributed by atoms with E-state index < -0.39 is 17.1 Å². The molecule has 2 fully saturated rings. The van der Waals surface area contributed by atoms with Gasteiger partial charge in [-0.2, -0.15) is 0 Å². The fraction of sp³-hybridized carbons (Fsp3) is 0.394. The lowest BCUT2D eigenvalue weighted by atomic mass is 9.49. The van der Waals surface area contributed by atoms with Gasteiger partial charge >= 0.3 is 0 Å². The first kappa shape index (κ1) is 26.1. The minimum atomic E-state index is -0.679. The van der Waals surface area contributed by atoms with Gasteiger partial charge < -0.3 is 19.0 Å². The summed E-state index contributed by atoms with van der Waals surface area (Å²) in [4.78, 5) is 13.8. The van der Waals surface area contributed by atoms with Gasteiger partial charge in [0, 0.05) is 47.7 Å². The average molecular weight is 587 g/mol. The van der Waals surface area contributed by atoms with Crippen molar-refractivity contribution >= 4 is 29.1 Å². The molecule has 42 heavy (non-hydrogen) atoms. The van der Waals surface area contributed by atoms with Crippen LogP contribution in [-0.2, 0) is 29.6 Å². The number of hydrogen-bond donors (Lipinski definition) is 1. The fourth-order valence-corrected chi connectivity index (χ4v) is 8.64. The smallest absolute Gasteiger partial charge is 0.269 e. The minimum Gasteiger partial charge on any atom is -0.504 e. The molecular formula is C33H31ClN2O6. The monoisotopic (exact) mass is 586 g/mol. The Hall–Kier alpha value is -3.59. The summed E-state index contributed by atoms with van der Waals surface area (Å²) >= 11 is 0. The van der Waals surface area contributed by atoms with Gasteiger partial charge in [0.2, 0.25) is 0 Å². The summed E-state index contributed by atoms with van der Waals surface area (Å²) in [7, 11) is 0. The Morgan fingerprint density at radius 1 is 1.12 bits per heavy atom. The van der Waals surface area contributed by atoms with E-state index in [9.17, 15) is 15.2 Å². The SMILES string of the molecule is Cl.O=[N+]([O-])c1cccc(CO[C@@]23Cc4c(oc5ccccc45)[C@@H]4Oc5c(O)ccc6c5[C@@]42CCN(CC2CC2)[C@@H]3C6)c1. The van der Waals surface area contributed by atoms with Gasteiger partial charge in [0.05, 0.1) is 16.9 Å². The maximum absolute atomic E-state index is 11.6. The first-order valence-corrected chi connectivity index (χ1v) is 14.6. The molecule has 9 heteroatoms. The molecule has 5 aliphatic rings. The molecule has 3 heterocycles. The third-order valence-corrected chi connectivity index (χ3v) is 10.5. The molecule has 0 radical (unpaired) electrons. The lowest BCUT2D eigenvalue weighted by molar-refractivity contribution is -0.385. The van der Waals surface area contributed by atoms with Crippen LogP contribution >= 0.6 is 12.4 Å². The predicted octanol–water partition coefficient (Wildman–Crippen LogP) is 6.39. The van der Waals surface area contributed by atoms with Gasteiger partial charge in [-0.25, -0.2) is 0 Å². The van der Waals surface area contributed by atoms with Crippen molar-refractivity contribution in [2.24, 2.45) is 5.92 Å². The first-order valence-electron chi connectivity index (χ1n) is 14.6. The highest BCUT2D eigenvalue weighted by Crippen LogP contribution is 2.70. The maximum Gasteiger partial charge on any atom is 0.269 e. The van der Waals surface area contributed by atoms with Crippen molar-refractivity contribution in [1.29, 1.82) is 0 Å². The van der Waals surface area contributed by atoms with Crippen molar-refractivity contribution < 1.29 is 23.9 Å². The van der Waals surface area contributed by atoms with Gasteiger partial charge in [0.15, 0.2) is 17.6 Å². The average Bonchev–Trinajstić information content (AvgIpc) is 3.62. The zero-order chi connectivity index (χ0) is 27.5. The molecule has 9 rings (SSSR count). The quantitative estimate of drug-likeness (QED) is 0.206. The van der Waals surface area contributed by atoms with Crippen LogP contribution in [0.15, 0.2) is 65.1 Å². The number of nitro benzene ring substituents is 1. The third kappa shape index (κ3) is 3.31. The van der Waals surface area contributed by atoms with Gasteiger partial charge in [-0.3, -0.25) is 15.0 Å². The van der Waals surface area contributed by atoms with E-state index in [4.69, 9.17) is 13.9 Å². The fourth-order valence-electron chi connectivity index (χ4n) is 8.64. The van der Waals surface area contributed by atoms with E-state index >= 15 is 0 Å². The van der Waals surface area contributed by atoms with E-state index in [1.54, 1.807) is 18.2 Å². The Kier molecular flexibility index (Phi) is 5.56. The second-order valence-corrected chi connectivity index (χ2v) is 12.5. The molecule has 2 bridgehead atoms. The highest BCUT2D eigenvalue weighted by molar-refractivity contribution is 5.85. The third-order valence-electron chi connectivity index (χ3n) is 10.5. The normalized spacial score (nSPS) is 28.5. The highest BCUT2D eigenvalue weighted by Gasteiger charge is 2.74. The number of furan rings is 1. The number of nitro groups is 1. The van der Waals surface area contributed by atoms with Gasteiger partial charge in [-0.15, -0.1) is 12.4 Å². The highest BCUT2D eigenvalue weighted by atomic mass is 35.5. The van der Waals surface area contributed by atoms with E-state index in [2.05, 4.69) is 17.0 Å². The Labute approximate surface area is 248 Å². The lowest BCUT2D eigenvalue weighted by Gasteiger charge is -2.64. The molecule has 2 aliphatic heterocycles. The number of ether oxygens (including phenoxy) is 2. The number of non-ortho nitro benzene ring substituents is 1. The molecule has 1 saturated carbocycles. The molecule has 4 atom stereocenters. The number of hydrogen-bond acceptors (Lipinski definition) is 7. The van der Waals surface area contributed by atoms with Crippen LogP contribution in [0, 0.1) is 16.0 Å². The number of phenols is 1. The van der Waals surface area contributed by atoms with E-state index in [1.165, 1.54) is 24.5 Å². The zero-order valence-corrected chi connectivity index (χ0v) is 23.8. The number of para-hydroxylation sites is 1. The van der Waals surface area contributed by atoms with Crippen LogP contribution in [0.3, 0.4) is 0 Å². The molecule has 3 aliphatic carbocycles. The summed E-state index contributed by atoms with van der Waals surface area (Å²) in [5.41, 5.74) is 3.81. The molecule has 0 unspecified atom stereocenters. The van der Waals surface area contributed by atoms with Crippen LogP contribution in [0.2, 0.25) is 0 Å². The lowest BCUT2D eigenvalue weighted by Crippen LogP contribution is -2.75. The van der Waals surface area contributed by atoms with Crippen LogP contribution in [-0.4, -0.2) is 39.7 Å². The Morgan fingerprint density at radius 2 is 1.98 bits per heavy atom. The number of aromatic hydroxyl groups is 1. The number of likely N-dealkylation sites (tertiary alicyclic amines) is 1. The van der Waals surface area contributed by atoms with Gasteiger partial charge in [0.1, 0.15) is 16.9 Å². The maximum atomic E-state index is 11.6. The molecule has 1 saturated heterocycles. The summed E-state index contributed by atoms with van der Waals surface area (Å²) in [6, 6.07) is 18.8. The Bertz CT molecular complexity index is 1770. The topological polar surface area (TPSA) is 98.2 Å². The van der Waals surface area contributed by atoms with Crippen molar-refractivity contribution in [3.63, 3.8) is 0 Å². The van der Waals surface area contributed by atoms with Crippen molar-refractivity contribution in [1.82, 2.24) is 4.90 Å². The number of halogens is 1. The van der Waals surface area contributed by atoms with Gasteiger partial charge in [-0.05, 0) is 61.4 Å². The molecule has 8 nitrogen and oxygen atoms in total. The molecule has 0 amide bonds. The molecule has 3 aromatic carbocycles. The van der Waals surface area contributed by atoms with Gasteiger partial charge in [0.25, 0.3) is 5.69 Å². The number of phenolic OH excluding ortho intramolecular Hbond substituents is 1. The van der Waals surface area contributed by atoms with Crippen LogP contribution in [0.4, 0.5) is 5.69 Å². The van der Waals surface area contributed by atoms with Crippen LogP contribution < -0.4 is 4.74 Å². The zero-order valence-electron chi connectivity index (χ0n) is 23.0. The standard InChI is InChI=1S/C33H30N2O6.ClH/c36-25-11-10-21-15-27-33(39-18-20-4-3-5-22(14-20)35(37)38)16-24-23-6-1-2-7-26(23)40-29(24)31-32(33,28(21)30(25)41-31)12-13-34(27)17-19-8-9-19;/h1-7,10-11,14,19,27,31,36H,8-9,12-13,15-18H2;1H/t27-,31+,32+,33-;/m1./s1. The number of nitrogens with zero attached hydrogens (tertiary/aromatic N) is 2. The summed E-state index contributed by atoms with van der Waals surface area (Å²) in [6.07, 6.45) is 4.37.